The van der Waals surface area contributed by atoms with Gasteiger partial charge in [-0.2, -0.15) is 0 Å². The van der Waals surface area contributed by atoms with Crippen LogP contribution in [-0.2, 0) is 16.6 Å². The van der Waals surface area contributed by atoms with Crippen molar-refractivity contribution in [3.05, 3.63) is 65.2 Å². The summed E-state index contributed by atoms with van der Waals surface area (Å²) in [6, 6.07) is 16.9. The van der Waals surface area contributed by atoms with Crippen LogP contribution in [0.5, 0.6) is 0 Å². The zero-order valence-electron chi connectivity index (χ0n) is 15.4. The molecule has 25 heavy (non-hydrogen) atoms. The van der Waals surface area contributed by atoms with E-state index in [-0.39, 0.29) is 17.4 Å². The Hall–Kier alpha value is -2.13. The summed E-state index contributed by atoms with van der Waals surface area (Å²) in [4.78, 5) is 12.3. The molecule has 3 rings (SSSR count). The smallest absolute Gasteiger partial charge is 0.238 e. The minimum Gasteiger partial charge on any atom is -0.325 e. The molecule has 2 aromatic rings. The summed E-state index contributed by atoms with van der Waals surface area (Å²) in [7, 11) is 0. The van der Waals surface area contributed by atoms with Crippen molar-refractivity contribution < 1.29 is 4.79 Å². The average molecular weight is 336 g/mol. The molecule has 0 spiro atoms. The number of fused-ring (bicyclic) bond motifs is 1. The molecule has 2 aromatic carbocycles. The Morgan fingerprint density at radius 2 is 1.80 bits per heavy atom. The number of hydrogen-bond acceptors (Lipinski definition) is 2. The second-order valence-corrected chi connectivity index (χ2v) is 7.90. The molecule has 0 aliphatic heterocycles. The molecule has 1 amide bonds. The number of amides is 1. The highest BCUT2D eigenvalue weighted by Crippen LogP contribution is 2.29. The average Bonchev–Trinajstić information content (AvgIpc) is 2.59. The first-order valence-corrected chi connectivity index (χ1v) is 9.15. The Morgan fingerprint density at radius 3 is 2.52 bits per heavy atom. The molecule has 132 valence electrons. The number of benzene rings is 2. The summed E-state index contributed by atoms with van der Waals surface area (Å²) in [6.45, 7) is 6.89. The molecule has 0 radical (unpaired) electrons. The first kappa shape index (κ1) is 17.7. The summed E-state index contributed by atoms with van der Waals surface area (Å²) in [6.07, 6.45) is 3.40. The van der Waals surface area contributed by atoms with Gasteiger partial charge in [-0.1, -0.05) is 57.2 Å². The SMILES string of the molecule is CC(C)(C)c1ccc(NC(=O)CN[C@H]2CCCc3ccccc32)cc1. The van der Waals surface area contributed by atoms with Gasteiger partial charge < -0.3 is 10.6 Å². The van der Waals surface area contributed by atoms with E-state index in [9.17, 15) is 4.79 Å². The monoisotopic (exact) mass is 336 g/mol. The number of nitrogens with one attached hydrogen (secondary N) is 2. The normalized spacial score (nSPS) is 17.0. The lowest BCUT2D eigenvalue weighted by Gasteiger charge is -2.26. The van der Waals surface area contributed by atoms with Crippen LogP contribution in [0, 0.1) is 0 Å². The Morgan fingerprint density at radius 1 is 1.08 bits per heavy atom. The molecule has 0 unspecified atom stereocenters. The lowest BCUT2D eigenvalue weighted by atomic mass is 9.87. The number of anilines is 1. The van der Waals surface area contributed by atoms with Crippen LogP contribution in [0.4, 0.5) is 5.69 Å². The first-order valence-electron chi connectivity index (χ1n) is 9.15. The molecule has 3 heteroatoms. The zero-order chi connectivity index (χ0) is 17.9. The van der Waals surface area contributed by atoms with Crippen LogP contribution in [0.15, 0.2) is 48.5 Å². The fourth-order valence-electron chi connectivity index (χ4n) is 3.44. The summed E-state index contributed by atoms with van der Waals surface area (Å²) < 4.78 is 0. The van der Waals surface area contributed by atoms with Gasteiger partial charge >= 0.3 is 0 Å². The molecule has 0 saturated carbocycles. The molecule has 0 heterocycles. The second-order valence-electron chi connectivity index (χ2n) is 7.90. The molecular weight excluding hydrogens is 308 g/mol. The highest BCUT2D eigenvalue weighted by molar-refractivity contribution is 5.92. The molecule has 2 N–H and O–H groups in total. The topological polar surface area (TPSA) is 41.1 Å². The van der Waals surface area contributed by atoms with Gasteiger partial charge in [0.2, 0.25) is 5.91 Å². The molecule has 0 saturated heterocycles. The Balaban J connectivity index is 1.55. The number of aryl methyl sites for hydroxylation is 1. The summed E-state index contributed by atoms with van der Waals surface area (Å²) >= 11 is 0. The van der Waals surface area contributed by atoms with Crippen LogP contribution in [0.3, 0.4) is 0 Å². The first-order chi connectivity index (χ1) is 11.9. The van der Waals surface area contributed by atoms with Gasteiger partial charge in [0.15, 0.2) is 0 Å². The Bertz CT molecular complexity index is 728. The van der Waals surface area contributed by atoms with E-state index in [0.29, 0.717) is 6.54 Å². The van der Waals surface area contributed by atoms with E-state index in [1.54, 1.807) is 0 Å². The highest BCUT2D eigenvalue weighted by atomic mass is 16.1. The maximum atomic E-state index is 12.3. The molecule has 1 atom stereocenters. The summed E-state index contributed by atoms with van der Waals surface area (Å²) in [5.41, 5.74) is 4.99. The van der Waals surface area contributed by atoms with E-state index in [0.717, 1.165) is 18.5 Å². The Labute approximate surface area is 150 Å². The van der Waals surface area contributed by atoms with E-state index >= 15 is 0 Å². The van der Waals surface area contributed by atoms with Crippen LogP contribution in [-0.4, -0.2) is 12.5 Å². The standard InChI is InChI=1S/C22H28N2O/c1-22(2,3)17-11-13-18(14-12-17)24-21(25)15-23-20-10-6-8-16-7-4-5-9-19(16)20/h4-5,7,9,11-14,20,23H,6,8,10,15H2,1-3H3,(H,24,25)/t20-/m0/s1. The lowest BCUT2D eigenvalue weighted by Crippen LogP contribution is -2.33. The van der Waals surface area contributed by atoms with Gasteiger partial charge in [0, 0.05) is 11.7 Å². The fraction of sp³-hybridized carbons (Fsp3) is 0.409. The fourth-order valence-corrected chi connectivity index (χ4v) is 3.44. The predicted octanol–water partition coefficient (Wildman–Crippen LogP) is 4.59. The van der Waals surface area contributed by atoms with Crippen molar-refractivity contribution in [1.29, 1.82) is 0 Å². The minimum absolute atomic E-state index is 0.00608. The van der Waals surface area contributed by atoms with Gasteiger partial charge in [0.1, 0.15) is 0 Å². The molecule has 0 aromatic heterocycles. The summed E-state index contributed by atoms with van der Waals surface area (Å²) in [5.74, 6) is 0.00608. The molecule has 1 aliphatic rings. The van der Waals surface area contributed by atoms with Crippen molar-refractivity contribution in [2.75, 3.05) is 11.9 Å². The van der Waals surface area contributed by atoms with Crippen LogP contribution in [0.1, 0.15) is 56.3 Å². The number of rotatable bonds is 4. The van der Waals surface area contributed by atoms with Gasteiger partial charge in [-0.05, 0) is 53.5 Å². The number of hydrogen-bond donors (Lipinski definition) is 2. The maximum absolute atomic E-state index is 12.3. The quantitative estimate of drug-likeness (QED) is 0.857. The van der Waals surface area contributed by atoms with Crippen LogP contribution < -0.4 is 10.6 Å². The van der Waals surface area contributed by atoms with Crippen LogP contribution in [0.25, 0.3) is 0 Å². The zero-order valence-corrected chi connectivity index (χ0v) is 15.4. The Kier molecular flexibility index (Phi) is 5.24. The van der Waals surface area contributed by atoms with Gasteiger partial charge in [-0.25, -0.2) is 0 Å². The van der Waals surface area contributed by atoms with E-state index in [1.807, 2.05) is 12.1 Å². The van der Waals surface area contributed by atoms with E-state index in [2.05, 4.69) is 67.8 Å². The predicted molar refractivity (Wildman–Crippen MR) is 104 cm³/mol. The second kappa shape index (κ2) is 7.40. The third-order valence-electron chi connectivity index (χ3n) is 4.91. The molecule has 0 bridgehead atoms. The van der Waals surface area contributed by atoms with E-state index in [1.165, 1.54) is 23.1 Å². The van der Waals surface area contributed by atoms with Crippen molar-refractivity contribution in [2.45, 2.75) is 51.5 Å². The van der Waals surface area contributed by atoms with E-state index in [4.69, 9.17) is 0 Å². The van der Waals surface area contributed by atoms with Crippen molar-refractivity contribution in [1.82, 2.24) is 5.32 Å². The maximum Gasteiger partial charge on any atom is 0.238 e. The highest BCUT2D eigenvalue weighted by Gasteiger charge is 2.20. The van der Waals surface area contributed by atoms with Crippen LogP contribution in [0.2, 0.25) is 0 Å². The number of carbonyl (C=O) groups is 1. The minimum atomic E-state index is 0.00608. The van der Waals surface area contributed by atoms with Crippen LogP contribution >= 0.6 is 0 Å². The molecular formula is C22H28N2O. The van der Waals surface area contributed by atoms with Gasteiger partial charge in [0.25, 0.3) is 0 Å². The number of carbonyl (C=O) groups excluding carboxylic acids is 1. The summed E-state index contributed by atoms with van der Waals surface area (Å²) in [5, 5.41) is 6.40. The van der Waals surface area contributed by atoms with Gasteiger partial charge in [0.05, 0.1) is 6.54 Å². The molecule has 0 fully saturated rings. The third kappa shape index (κ3) is 4.49. The van der Waals surface area contributed by atoms with Crippen molar-refractivity contribution in [3.8, 4) is 0 Å². The van der Waals surface area contributed by atoms with Gasteiger partial charge in [-0.3, -0.25) is 4.79 Å². The van der Waals surface area contributed by atoms with Crippen molar-refractivity contribution in [2.24, 2.45) is 0 Å². The molecule has 3 nitrogen and oxygen atoms in total. The largest absolute Gasteiger partial charge is 0.325 e. The molecule has 1 aliphatic carbocycles. The third-order valence-corrected chi connectivity index (χ3v) is 4.91. The van der Waals surface area contributed by atoms with Gasteiger partial charge in [-0.15, -0.1) is 0 Å². The van der Waals surface area contributed by atoms with E-state index < -0.39 is 0 Å². The van der Waals surface area contributed by atoms with Crippen molar-refractivity contribution >= 4 is 11.6 Å². The van der Waals surface area contributed by atoms with Crippen molar-refractivity contribution in [3.63, 3.8) is 0 Å². The lowest BCUT2D eigenvalue weighted by molar-refractivity contribution is -0.115.